The first kappa shape index (κ1) is 13.1. The summed E-state index contributed by atoms with van der Waals surface area (Å²) in [6.07, 6.45) is 0.845. The Morgan fingerprint density at radius 2 is 2.06 bits per heavy atom. The normalized spacial score (nSPS) is 13.1. The average molecular weight is 228 g/mol. The van der Waals surface area contributed by atoms with Crippen LogP contribution in [0.15, 0.2) is 18.2 Å². The molecule has 90 valence electrons. The number of hydrogen-bond acceptors (Lipinski definition) is 2. The SMILES string of the molecule is CC(c1cccc(F)c1F)N(C)CCCN. The van der Waals surface area contributed by atoms with Gasteiger partial charge in [-0.2, -0.15) is 0 Å². The fourth-order valence-corrected chi connectivity index (χ4v) is 1.61. The van der Waals surface area contributed by atoms with E-state index in [0.29, 0.717) is 12.1 Å². The third-order valence-corrected chi connectivity index (χ3v) is 2.81. The Hall–Kier alpha value is -1.00. The van der Waals surface area contributed by atoms with Crippen LogP contribution < -0.4 is 5.73 Å². The largest absolute Gasteiger partial charge is 0.330 e. The van der Waals surface area contributed by atoms with E-state index in [2.05, 4.69) is 0 Å². The molecule has 2 nitrogen and oxygen atoms in total. The highest BCUT2D eigenvalue weighted by molar-refractivity contribution is 5.22. The summed E-state index contributed by atoms with van der Waals surface area (Å²) in [5.74, 6) is -1.55. The number of benzene rings is 1. The molecule has 16 heavy (non-hydrogen) atoms. The molecule has 0 spiro atoms. The highest BCUT2D eigenvalue weighted by atomic mass is 19.2. The lowest BCUT2D eigenvalue weighted by Crippen LogP contribution is -2.26. The van der Waals surface area contributed by atoms with Gasteiger partial charge in [-0.15, -0.1) is 0 Å². The van der Waals surface area contributed by atoms with Crippen molar-refractivity contribution in [3.05, 3.63) is 35.4 Å². The summed E-state index contributed by atoms with van der Waals surface area (Å²) >= 11 is 0. The Morgan fingerprint density at radius 1 is 1.38 bits per heavy atom. The van der Waals surface area contributed by atoms with Crippen molar-refractivity contribution in [2.75, 3.05) is 20.1 Å². The summed E-state index contributed by atoms with van der Waals surface area (Å²) in [6, 6.07) is 4.12. The third kappa shape index (κ3) is 3.00. The van der Waals surface area contributed by atoms with Gasteiger partial charge in [0.2, 0.25) is 0 Å². The summed E-state index contributed by atoms with van der Waals surface area (Å²) in [5.41, 5.74) is 5.80. The van der Waals surface area contributed by atoms with Crippen LogP contribution in [-0.4, -0.2) is 25.0 Å². The molecule has 0 fully saturated rings. The number of nitrogens with two attached hydrogens (primary N) is 1. The van der Waals surface area contributed by atoms with Crippen LogP contribution in [-0.2, 0) is 0 Å². The van der Waals surface area contributed by atoms with Gasteiger partial charge < -0.3 is 5.73 Å². The topological polar surface area (TPSA) is 29.3 Å². The van der Waals surface area contributed by atoms with E-state index in [0.717, 1.165) is 19.0 Å². The average Bonchev–Trinajstić information content (AvgIpc) is 2.28. The summed E-state index contributed by atoms with van der Waals surface area (Å²) in [7, 11) is 1.88. The zero-order valence-electron chi connectivity index (χ0n) is 9.71. The maximum atomic E-state index is 13.5. The maximum Gasteiger partial charge on any atom is 0.163 e. The van der Waals surface area contributed by atoms with Crippen molar-refractivity contribution < 1.29 is 8.78 Å². The molecule has 1 aromatic carbocycles. The molecule has 1 aromatic rings. The van der Waals surface area contributed by atoms with E-state index in [9.17, 15) is 8.78 Å². The van der Waals surface area contributed by atoms with Gasteiger partial charge in [0.15, 0.2) is 11.6 Å². The second kappa shape index (κ2) is 5.92. The van der Waals surface area contributed by atoms with Gasteiger partial charge in [-0.3, -0.25) is 4.90 Å². The predicted molar refractivity (Wildman–Crippen MR) is 61.1 cm³/mol. The van der Waals surface area contributed by atoms with Crippen LogP contribution in [0.5, 0.6) is 0 Å². The minimum absolute atomic E-state index is 0.151. The van der Waals surface area contributed by atoms with Crippen molar-refractivity contribution in [3.8, 4) is 0 Å². The number of nitrogens with zero attached hydrogens (tertiary/aromatic N) is 1. The first-order valence-electron chi connectivity index (χ1n) is 5.42. The van der Waals surface area contributed by atoms with Gasteiger partial charge in [-0.05, 0) is 39.5 Å². The van der Waals surface area contributed by atoms with E-state index < -0.39 is 11.6 Å². The maximum absolute atomic E-state index is 13.5. The van der Waals surface area contributed by atoms with Crippen molar-refractivity contribution in [3.63, 3.8) is 0 Å². The Balaban J connectivity index is 2.79. The van der Waals surface area contributed by atoms with Crippen LogP contribution in [0.25, 0.3) is 0 Å². The van der Waals surface area contributed by atoms with Gasteiger partial charge in [0.25, 0.3) is 0 Å². The van der Waals surface area contributed by atoms with Crippen LogP contribution in [0.3, 0.4) is 0 Å². The zero-order chi connectivity index (χ0) is 12.1. The smallest absolute Gasteiger partial charge is 0.163 e. The van der Waals surface area contributed by atoms with Crippen molar-refractivity contribution >= 4 is 0 Å². The molecule has 4 heteroatoms. The van der Waals surface area contributed by atoms with E-state index in [-0.39, 0.29) is 6.04 Å². The lowest BCUT2D eigenvalue weighted by Gasteiger charge is -2.25. The van der Waals surface area contributed by atoms with E-state index in [1.807, 2.05) is 18.9 Å². The molecule has 2 N–H and O–H groups in total. The molecule has 0 aromatic heterocycles. The van der Waals surface area contributed by atoms with Gasteiger partial charge in [0, 0.05) is 11.6 Å². The molecule has 1 unspecified atom stereocenters. The standard InChI is InChI=1S/C12H18F2N2/c1-9(16(2)8-4-7-15)10-5-3-6-11(13)12(10)14/h3,5-6,9H,4,7-8,15H2,1-2H3. The Labute approximate surface area is 95.1 Å². The Bertz CT molecular complexity index is 342. The second-order valence-electron chi connectivity index (χ2n) is 3.94. The van der Waals surface area contributed by atoms with Crippen molar-refractivity contribution in [2.45, 2.75) is 19.4 Å². The van der Waals surface area contributed by atoms with Gasteiger partial charge in [-0.25, -0.2) is 8.78 Å². The van der Waals surface area contributed by atoms with E-state index in [1.54, 1.807) is 6.07 Å². The molecule has 0 aliphatic heterocycles. The molecule has 0 aliphatic carbocycles. The van der Waals surface area contributed by atoms with Crippen molar-refractivity contribution in [1.29, 1.82) is 0 Å². The van der Waals surface area contributed by atoms with Gasteiger partial charge in [0.1, 0.15) is 0 Å². The first-order valence-corrected chi connectivity index (χ1v) is 5.42. The molecule has 0 bridgehead atoms. The summed E-state index contributed by atoms with van der Waals surface area (Å²) in [6.45, 7) is 3.23. The molecule has 1 atom stereocenters. The number of hydrogen-bond donors (Lipinski definition) is 1. The highest BCUT2D eigenvalue weighted by Gasteiger charge is 2.17. The molecule has 0 amide bonds. The van der Waals surface area contributed by atoms with Crippen LogP contribution in [0.1, 0.15) is 24.9 Å². The van der Waals surface area contributed by atoms with Crippen LogP contribution in [0.4, 0.5) is 8.78 Å². The number of rotatable bonds is 5. The fraction of sp³-hybridized carbons (Fsp3) is 0.500. The van der Waals surface area contributed by atoms with E-state index >= 15 is 0 Å². The molecule has 0 aliphatic rings. The lowest BCUT2D eigenvalue weighted by atomic mass is 10.1. The molecule has 0 saturated carbocycles. The van der Waals surface area contributed by atoms with Crippen LogP contribution in [0.2, 0.25) is 0 Å². The van der Waals surface area contributed by atoms with Gasteiger partial charge in [0.05, 0.1) is 0 Å². The highest BCUT2D eigenvalue weighted by Crippen LogP contribution is 2.23. The molecule has 0 heterocycles. The van der Waals surface area contributed by atoms with Crippen molar-refractivity contribution in [2.24, 2.45) is 5.73 Å². The summed E-state index contributed by atoms with van der Waals surface area (Å²) in [5, 5.41) is 0. The minimum atomic E-state index is -0.795. The molecular weight excluding hydrogens is 210 g/mol. The predicted octanol–water partition coefficient (Wildman–Crippen LogP) is 2.31. The summed E-state index contributed by atoms with van der Waals surface area (Å²) < 4.78 is 26.5. The fourth-order valence-electron chi connectivity index (χ4n) is 1.61. The first-order chi connectivity index (χ1) is 7.57. The Morgan fingerprint density at radius 3 is 2.69 bits per heavy atom. The molecule has 1 rings (SSSR count). The molecule has 0 radical (unpaired) electrons. The minimum Gasteiger partial charge on any atom is -0.330 e. The van der Waals surface area contributed by atoms with Crippen LogP contribution in [0, 0.1) is 11.6 Å². The Kier molecular flexibility index (Phi) is 4.83. The monoisotopic (exact) mass is 228 g/mol. The number of halogens is 2. The van der Waals surface area contributed by atoms with Gasteiger partial charge >= 0.3 is 0 Å². The quantitative estimate of drug-likeness (QED) is 0.838. The van der Waals surface area contributed by atoms with Crippen LogP contribution >= 0.6 is 0 Å². The zero-order valence-corrected chi connectivity index (χ0v) is 9.71. The van der Waals surface area contributed by atoms with E-state index in [1.165, 1.54) is 6.07 Å². The van der Waals surface area contributed by atoms with E-state index in [4.69, 9.17) is 5.73 Å². The lowest BCUT2D eigenvalue weighted by molar-refractivity contribution is 0.253. The second-order valence-corrected chi connectivity index (χ2v) is 3.94. The summed E-state index contributed by atoms with van der Waals surface area (Å²) in [4.78, 5) is 1.96. The van der Waals surface area contributed by atoms with Gasteiger partial charge in [-0.1, -0.05) is 12.1 Å². The molecular formula is C12H18F2N2. The third-order valence-electron chi connectivity index (χ3n) is 2.81. The van der Waals surface area contributed by atoms with Crippen molar-refractivity contribution in [1.82, 2.24) is 4.90 Å². The molecule has 0 saturated heterocycles.